The van der Waals surface area contributed by atoms with Gasteiger partial charge in [0.25, 0.3) is 0 Å². The molecule has 1 rings (SSSR count). The van der Waals surface area contributed by atoms with Crippen LogP contribution in [0.2, 0.25) is 0 Å². The van der Waals surface area contributed by atoms with Crippen molar-refractivity contribution in [3.05, 3.63) is 35.6 Å². The molecule has 0 heterocycles. The number of benzene rings is 1. The highest BCUT2D eigenvalue weighted by atomic mass is 19.1. The molecule has 0 aliphatic carbocycles. The second-order valence-electron chi connectivity index (χ2n) is 4.09. The lowest BCUT2D eigenvalue weighted by Gasteiger charge is -2.19. The second-order valence-corrected chi connectivity index (χ2v) is 4.09. The van der Waals surface area contributed by atoms with Crippen molar-refractivity contribution in [3.63, 3.8) is 0 Å². The summed E-state index contributed by atoms with van der Waals surface area (Å²) < 4.78 is 13.0. The quantitative estimate of drug-likeness (QED) is 0.803. The van der Waals surface area contributed by atoms with Crippen LogP contribution in [0.5, 0.6) is 0 Å². The molecular formula is C13H17FO3. The lowest BCUT2D eigenvalue weighted by Crippen LogP contribution is -2.22. The SMILES string of the molecule is CCCCC(C(=O)O)C(O)c1cccc(F)c1. The zero-order valence-electron chi connectivity index (χ0n) is 9.77. The maximum Gasteiger partial charge on any atom is 0.309 e. The fraction of sp³-hybridized carbons (Fsp3) is 0.462. The molecule has 94 valence electrons. The molecule has 0 spiro atoms. The second kappa shape index (κ2) is 6.35. The third-order valence-corrected chi connectivity index (χ3v) is 2.76. The van der Waals surface area contributed by atoms with E-state index < -0.39 is 23.8 Å². The van der Waals surface area contributed by atoms with Gasteiger partial charge in [-0.1, -0.05) is 31.9 Å². The average Bonchev–Trinajstić information content (AvgIpc) is 2.29. The normalized spacial score (nSPS) is 14.3. The van der Waals surface area contributed by atoms with Crippen molar-refractivity contribution < 1.29 is 19.4 Å². The number of hydrogen-bond acceptors (Lipinski definition) is 2. The van der Waals surface area contributed by atoms with Gasteiger partial charge in [0, 0.05) is 0 Å². The van der Waals surface area contributed by atoms with Crippen molar-refractivity contribution in [2.75, 3.05) is 0 Å². The van der Waals surface area contributed by atoms with Gasteiger partial charge in [-0.25, -0.2) is 4.39 Å². The largest absolute Gasteiger partial charge is 0.481 e. The molecule has 1 aromatic carbocycles. The van der Waals surface area contributed by atoms with Crippen LogP contribution in [0.15, 0.2) is 24.3 Å². The van der Waals surface area contributed by atoms with Gasteiger partial charge >= 0.3 is 5.97 Å². The molecule has 0 saturated heterocycles. The first kappa shape index (κ1) is 13.6. The first-order valence-electron chi connectivity index (χ1n) is 5.72. The molecule has 2 unspecified atom stereocenters. The Morgan fingerprint density at radius 3 is 2.71 bits per heavy atom. The summed E-state index contributed by atoms with van der Waals surface area (Å²) in [5.41, 5.74) is 0.313. The van der Waals surface area contributed by atoms with E-state index in [1.54, 1.807) is 0 Å². The average molecular weight is 240 g/mol. The molecule has 0 aliphatic heterocycles. The van der Waals surface area contributed by atoms with Gasteiger partial charge in [0.15, 0.2) is 0 Å². The lowest BCUT2D eigenvalue weighted by molar-refractivity contribution is -0.146. The van der Waals surface area contributed by atoms with Crippen LogP contribution in [0, 0.1) is 11.7 Å². The summed E-state index contributed by atoms with van der Waals surface area (Å²) in [5.74, 6) is -2.40. The van der Waals surface area contributed by atoms with Crippen molar-refractivity contribution >= 4 is 5.97 Å². The molecule has 0 amide bonds. The number of aliphatic hydroxyl groups is 1. The van der Waals surface area contributed by atoms with Crippen molar-refractivity contribution in [2.24, 2.45) is 5.92 Å². The maximum atomic E-state index is 13.0. The Hall–Kier alpha value is -1.42. The summed E-state index contributed by atoms with van der Waals surface area (Å²) in [6, 6.07) is 5.44. The number of carbonyl (C=O) groups is 1. The van der Waals surface area contributed by atoms with E-state index in [4.69, 9.17) is 5.11 Å². The maximum absolute atomic E-state index is 13.0. The molecular weight excluding hydrogens is 223 g/mol. The molecule has 17 heavy (non-hydrogen) atoms. The van der Waals surface area contributed by atoms with Crippen LogP contribution in [-0.2, 0) is 4.79 Å². The molecule has 0 aliphatic rings. The Morgan fingerprint density at radius 2 is 2.18 bits per heavy atom. The van der Waals surface area contributed by atoms with Crippen LogP contribution < -0.4 is 0 Å². The highest BCUT2D eigenvalue weighted by Gasteiger charge is 2.27. The van der Waals surface area contributed by atoms with E-state index in [-0.39, 0.29) is 0 Å². The Labute approximate surface area is 99.9 Å². The Morgan fingerprint density at radius 1 is 1.47 bits per heavy atom. The van der Waals surface area contributed by atoms with Gasteiger partial charge < -0.3 is 10.2 Å². The number of aliphatic carboxylic acids is 1. The molecule has 2 N–H and O–H groups in total. The minimum Gasteiger partial charge on any atom is -0.481 e. The predicted octanol–water partition coefficient (Wildman–Crippen LogP) is 2.75. The summed E-state index contributed by atoms with van der Waals surface area (Å²) in [4.78, 5) is 11.1. The summed E-state index contributed by atoms with van der Waals surface area (Å²) in [6.07, 6.45) is 0.821. The third kappa shape index (κ3) is 3.82. The predicted molar refractivity (Wildman–Crippen MR) is 62.0 cm³/mol. The Kier molecular flexibility index (Phi) is 5.10. The number of rotatable bonds is 6. The zero-order chi connectivity index (χ0) is 12.8. The highest BCUT2D eigenvalue weighted by Crippen LogP contribution is 2.27. The summed E-state index contributed by atoms with van der Waals surface area (Å²) in [5, 5.41) is 19.0. The van der Waals surface area contributed by atoms with E-state index in [9.17, 15) is 14.3 Å². The van der Waals surface area contributed by atoms with E-state index in [2.05, 4.69) is 0 Å². The van der Waals surface area contributed by atoms with Crippen molar-refractivity contribution in [2.45, 2.75) is 32.3 Å². The topological polar surface area (TPSA) is 57.5 Å². The third-order valence-electron chi connectivity index (χ3n) is 2.76. The van der Waals surface area contributed by atoms with Crippen LogP contribution >= 0.6 is 0 Å². The van der Waals surface area contributed by atoms with Gasteiger partial charge in [-0.2, -0.15) is 0 Å². The summed E-state index contributed by atoms with van der Waals surface area (Å²) in [6.45, 7) is 1.95. The highest BCUT2D eigenvalue weighted by molar-refractivity contribution is 5.71. The molecule has 0 fully saturated rings. The Balaban J connectivity index is 2.83. The molecule has 0 bridgehead atoms. The van der Waals surface area contributed by atoms with Crippen LogP contribution in [0.3, 0.4) is 0 Å². The fourth-order valence-electron chi connectivity index (χ4n) is 1.76. The number of carboxylic acid groups (broad SMARTS) is 1. The number of carboxylic acids is 1. The fourth-order valence-corrected chi connectivity index (χ4v) is 1.76. The first-order valence-corrected chi connectivity index (χ1v) is 5.72. The van der Waals surface area contributed by atoms with Crippen LogP contribution in [0.4, 0.5) is 4.39 Å². The van der Waals surface area contributed by atoms with Crippen molar-refractivity contribution in [1.82, 2.24) is 0 Å². The van der Waals surface area contributed by atoms with Gasteiger partial charge in [-0.3, -0.25) is 4.79 Å². The van der Waals surface area contributed by atoms with Gasteiger partial charge in [0.05, 0.1) is 12.0 Å². The van der Waals surface area contributed by atoms with E-state index >= 15 is 0 Å². The van der Waals surface area contributed by atoms with Crippen LogP contribution in [0.1, 0.15) is 37.9 Å². The minimum atomic E-state index is -1.16. The molecule has 1 aromatic rings. The zero-order valence-corrected chi connectivity index (χ0v) is 9.77. The van der Waals surface area contributed by atoms with Crippen LogP contribution in [0.25, 0.3) is 0 Å². The summed E-state index contributed by atoms with van der Waals surface area (Å²) in [7, 11) is 0. The number of hydrogen-bond donors (Lipinski definition) is 2. The molecule has 3 nitrogen and oxygen atoms in total. The van der Waals surface area contributed by atoms with Crippen LogP contribution in [-0.4, -0.2) is 16.2 Å². The molecule has 4 heteroatoms. The van der Waals surface area contributed by atoms with E-state index in [0.29, 0.717) is 12.0 Å². The molecule has 0 radical (unpaired) electrons. The van der Waals surface area contributed by atoms with Gasteiger partial charge in [-0.05, 0) is 24.1 Å². The van der Waals surface area contributed by atoms with E-state index in [1.165, 1.54) is 24.3 Å². The van der Waals surface area contributed by atoms with Gasteiger partial charge in [0.2, 0.25) is 0 Å². The molecule has 0 saturated carbocycles. The van der Waals surface area contributed by atoms with Gasteiger partial charge in [-0.15, -0.1) is 0 Å². The lowest BCUT2D eigenvalue weighted by atomic mass is 9.91. The number of unbranched alkanes of at least 4 members (excludes halogenated alkanes) is 1. The summed E-state index contributed by atoms with van der Waals surface area (Å²) >= 11 is 0. The minimum absolute atomic E-state index is 0.313. The first-order chi connectivity index (χ1) is 8.06. The number of halogens is 1. The number of aliphatic hydroxyl groups excluding tert-OH is 1. The van der Waals surface area contributed by atoms with Crippen molar-refractivity contribution in [1.29, 1.82) is 0 Å². The standard InChI is InChI=1S/C13H17FO3/c1-2-3-7-11(13(16)17)12(15)9-5-4-6-10(14)8-9/h4-6,8,11-12,15H,2-3,7H2,1H3,(H,16,17). The van der Waals surface area contributed by atoms with E-state index in [1.807, 2.05) is 6.92 Å². The van der Waals surface area contributed by atoms with E-state index in [0.717, 1.165) is 12.8 Å². The van der Waals surface area contributed by atoms with Crippen molar-refractivity contribution in [3.8, 4) is 0 Å². The van der Waals surface area contributed by atoms with Gasteiger partial charge in [0.1, 0.15) is 5.82 Å². The molecule has 2 atom stereocenters. The smallest absolute Gasteiger partial charge is 0.309 e. The monoisotopic (exact) mass is 240 g/mol. The Bertz CT molecular complexity index is 379. The molecule has 0 aromatic heterocycles.